The number of sulfonamides is 1. The molecule has 3 rings (SSSR count). The summed E-state index contributed by atoms with van der Waals surface area (Å²) < 4.78 is 38.2. The van der Waals surface area contributed by atoms with Crippen molar-refractivity contribution in [3.05, 3.63) is 59.8 Å². The first kappa shape index (κ1) is 17.0. The molecule has 6 nitrogen and oxygen atoms in total. The third-order valence-corrected chi connectivity index (χ3v) is 5.32. The lowest BCUT2D eigenvalue weighted by molar-refractivity contribution is 0.414. The minimum atomic E-state index is -3.82. The second-order valence-electron chi connectivity index (χ2n) is 5.67. The average Bonchev–Trinajstić information content (AvgIpc) is 3.02. The van der Waals surface area contributed by atoms with E-state index in [1.807, 2.05) is 31.2 Å². The van der Waals surface area contributed by atoms with Gasteiger partial charge < -0.3 is 9.26 Å². The van der Waals surface area contributed by atoms with Gasteiger partial charge in [-0.25, -0.2) is 13.1 Å². The van der Waals surface area contributed by atoms with Gasteiger partial charge in [0.2, 0.25) is 5.88 Å². The zero-order chi connectivity index (χ0) is 18.0. The lowest BCUT2D eigenvalue weighted by atomic mass is 10.1. The Bertz CT molecular complexity index is 992. The van der Waals surface area contributed by atoms with Crippen LogP contribution in [-0.2, 0) is 10.0 Å². The van der Waals surface area contributed by atoms with Gasteiger partial charge in [0, 0.05) is 0 Å². The molecule has 0 atom stereocenters. The fourth-order valence-electron chi connectivity index (χ4n) is 2.48. The molecule has 0 aliphatic carbocycles. The molecule has 0 saturated carbocycles. The summed E-state index contributed by atoms with van der Waals surface area (Å²) in [6, 6.07) is 12.4. The number of nitrogens with zero attached hydrogens (tertiary/aromatic N) is 1. The first-order valence-electron chi connectivity index (χ1n) is 7.60. The van der Waals surface area contributed by atoms with Crippen molar-refractivity contribution in [3.63, 3.8) is 0 Å². The third-order valence-electron chi connectivity index (χ3n) is 3.83. The normalized spacial score (nSPS) is 11.3. The van der Waals surface area contributed by atoms with E-state index < -0.39 is 10.0 Å². The minimum Gasteiger partial charge on any atom is -0.497 e. The van der Waals surface area contributed by atoms with E-state index in [2.05, 4.69) is 9.88 Å². The lowest BCUT2D eigenvalue weighted by Gasteiger charge is -2.10. The quantitative estimate of drug-likeness (QED) is 0.751. The summed E-state index contributed by atoms with van der Waals surface area (Å²) in [6.45, 7) is 3.69. The van der Waals surface area contributed by atoms with Crippen molar-refractivity contribution in [3.8, 4) is 16.9 Å². The average molecular weight is 358 g/mol. The van der Waals surface area contributed by atoms with Gasteiger partial charge in [-0.15, -0.1) is 0 Å². The highest BCUT2D eigenvalue weighted by Gasteiger charge is 2.22. The first-order chi connectivity index (χ1) is 11.9. The number of hydrogen-bond acceptors (Lipinski definition) is 5. The van der Waals surface area contributed by atoms with Gasteiger partial charge in [0.25, 0.3) is 10.0 Å². The molecule has 0 amide bonds. The van der Waals surface area contributed by atoms with Crippen LogP contribution in [0.2, 0.25) is 0 Å². The van der Waals surface area contributed by atoms with Crippen molar-refractivity contribution in [2.75, 3.05) is 11.8 Å². The topological polar surface area (TPSA) is 81.4 Å². The van der Waals surface area contributed by atoms with Crippen LogP contribution in [0.1, 0.15) is 11.1 Å². The van der Waals surface area contributed by atoms with Crippen LogP contribution in [0.15, 0.2) is 58.1 Å². The largest absolute Gasteiger partial charge is 0.497 e. The van der Waals surface area contributed by atoms with Gasteiger partial charge in [-0.1, -0.05) is 35.0 Å². The molecule has 1 aromatic heterocycles. The summed E-state index contributed by atoms with van der Waals surface area (Å²) in [6.07, 6.45) is 1.49. The third kappa shape index (κ3) is 3.51. The highest BCUT2D eigenvalue weighted by molar-refractivity contribution is 7.92. The molecule has 0 aliphatic rings. The monoisotopic (exact) mass is 358 g/mol. The van der Waals surface area contributed by atoms with Crippen LogP contribution in [0, 0.1) is 13.8 Å². The predicted molar refractivity (Wildman–Crippen MR) is 95.2 cm³/mol. The van der Waals surface area contributed by atoms with Crippen molar-refractivity contribution >= 4 is 15.9 Å². The zero-order valence-electron chi connectivity index (χ0n) is 14.1. The number of methoxy groups -OCH3 is 1. The molecular weight excluding hydrogens is 340 g/mol. The SMILES string of the molecule is COc1ccc(S(=O)(=O)Nc2oncc2-c2ccc(C)cc2)c(C)c1. The summed E-state index contributed by atoms with van der Waals surface area (Å²) >= 11 is 0. The molecule has 0 radical (unpaired) electrons. The molecule has 0 unspecified atom stereocenters. The molecule has 0 fully saturated rings. The maximum absolute atomic E-state index is 12.7. The number of anilines is 1. The van der Waals surface area contributed by atoms with Crippen LogP contribution in [0.4, 0.5) is 5.88 Å². The van der Waals surface area contributed by atoms with E-state index in [0.717, 1.165) is 11.1 Å². The Balaban J connectivity index is 1.95. The van der Waals surface area contributed by atoms with E-state index >= 15 is 0 Å². The molecule has 0 spiro atoms. The number of benzene rings is 2. The number of aromatic nitrogens is 1. The Hall–Kier alpha value is -2.80. The van der Waals surface area contributed by atoms with Crippen molar-refractivity contribution < 1.29 is 17.7 Å². The van der Waals surface area contributed by atoms with Gasteiger partial charge in [0.15, 0.2) is 0 Å². The van der Waals surface area contributed by atoms with Crippen molar-refractivity contribution in [2.24, 2.45) is 0 Å². The highest BCUT2D eigenvalue weighted by atomic mass is 32.2. The molecular formula is C18H18N2O4S. The molecule has 2 aromatic carbocycles. The smallest absolute Gasteiger partial charge is 0.264 e. The van der Waals surface area contributed by atoms with Crippen molar-refractivity contribution in [2.45, 2.75) is 18.7 Å². The van der Waals surface area contributed by atoms with Crippen molar-refractivity contribution in [1.29, 1.82) is 0 Å². The van der Waals surface area contributed by atoms with Crippen LogP contribution in [-0.4, -0.2) is 20.7 Å². The van der Waals surface area contributed by atoms with Gasteiger partial charge in [-0.2, -0.15) is 0 Å². The fraction of sp³-hybridized carbons (Fsp3) is 0.167. The Kier molecular flexibility index (Phi) is 4.50. The summed E-state index contributed by atoms with van der Waals surface area (Å²) in [7, 11) is -2.29. The zero-order valence-corrected chi connectivity index (χ0v) is 14.9. The molecule has 3 aromatic rings. The predicted octanol–water partition coefficient (Wildman–Crippen LogP) is 3.77. The van der Waals surface area contributed by atoms with Crippen molar-refractivity contribution in [1.82, 2.24) is 5.16 Å². The molecule has 0 saturated heterocycles. The Morgan fingerprint density at radius 1 is 1.08 bits per heavy atom. The van der Waals surface area contributed by atoms with Gasteiger partial charge in [-0.05, 0) is 43.2 Å². The highest BCUT2D eigenvalue weighted by Crippen LogP contribution is 2.30. The van der Waals surface area contributed by atoms with E-state index in [4.69, 9.17) is 9.26 Å². The standard InChI is InChI=1S/C18H18N2O4S/c1-12-4-6-14(7-5-12)16-11-19-24-18(16)20-25(21,22)17-9-8-15(23-3)10-13(17)2/h4-11,20H,1-3H3. The van der Waals surface area contributed by atoms with Crippen LogP contribution in [0.25, 0.3) is 11.1 Å². The van der Waals surface area contributed by atoms with Crippen LogP contribution < -0.4 is 9.46 Å². The molecule has 7 heteroatoms. The van der Waals surface area contributed by atoms with Crippen LogP contribution in [0.5, 0.6) is 5.75 Å². The van der Waals surface area contributed by atoms with E-state index in [9.17, 15) is 8.42 Å². The number of ether oxygens (including phenoxy) is 1. The van der Waals surface area contributed by atoms with Crippen LogP contribution in [0.3, 0.4) is 0 Å². The molecule has 1 N–H and O–H groups in total. The number of aryl methyl sites for hydroxylation is 2. The molecule has 130 valence electrons. The Morgan fingerprint density at radius 2 is 1.80 bits per heavy atom. The second-order valence-corrected chi connectivity index (χ2v) is 7.32. The number of rotatable bonds is 5. The van der Waals surface area contributed by atoms with Gasteiger partial charge in [0.05, 0.1) is 23.8 Å². The van der Waals surface area contributed by atoms with Gasteiger partial charge in [0.1, 0.15) is 5.75 Å². The van der Waals surface area contributed by atoms with Gasteiger partial charge in [-0.3, -0.25) is 0 Å². The Morgan fingerprint density at radius 3 is 2.44 bits per heavy atom. The van der Waals surface area contributed by atoms with E-state index in [-0.39, 0.29) is 10.8 Å². The van der Waals surface area contributed by atoms with E-state index in [1.165, 1.54) is 19.4 Å². The van der Waals surface area contributed by atoms with E-state index in [0.29, 0.717) is 16.9 Å². The maximum atomic E-state index is 12.7. The summed E-state index contributed by atoms with van der Waals surface area (Å²) in [5, 5.41) is 3.73. The molecule has 0 bridgehead atoms. The fourth-order valence-corrected chi connectivity index (χ4v) is 3.71. The van der Waals surface area contributed by atoms with Crippen LogP contribution >= 0.6 is 0 Å². The summed E-state index contributed by atoms with van der Waals surface area (Å²) in [5.74, 6) is 0.676. The summed E-state index contributed by atoms with van der Waals surface area (Å²) in [5.41, 5.74) is 3.07. The lowest BCUT2D eigenvalue weighted by Crippen LogP contribution is -2.14. The Labute approximate surface area is 146 Å². The minimum absolute atomic E-state index is 0.0825. The number of nitrogens with one attached hydrogen (secondary N) is 1. The molecule has 1 heterocycles. The second kappa shape index (κ2) is 6.60. The maximum Gasteiger partial charge on any atom is 0.264 e. The number of hydrogen-bond donors (Lipinski definition) is 1. The molecule has 25 heavy (non-hydrogen) atoms. The first-order valence-corrected chi connectivity index (χ1v) is 9.08. The summed E-state index contributed by atoms with van der Waals surface area (Å²) in [4.78, 5) is 0.152. The molecule has 0 aliphatic heterocycles. The van der Waals surface area contributed by atoms with Gasteiger partial charge >= 0.3 is 0 Å². The van der Waals surface area contributed by atoms with E-state index in [1.54, 1.807) is 19.1 Å².